The third-order valence-corrected chi connectivity index (χ3v) is 8.07. The summed E-state index contributed by atoms with van der Waals surface area (Å²) in [4.78, 5) is 43.3. The van der Waals surface area contributed by atoms with E-state index in [0.717, 1.165) is 33.6 Å². The minimum Gasteiger partial charge on any atom is -0.481 e. The first-order valence-electron chi connectivity index (χ1n) is 14.7. The molecule has 2 aromatic heterocycles. The van der Waals surface area contributed by atoms with Gasteiger partial charge >= 0.3 is 5.97 Å². The Morgan fingerprint density at radius 1 is 1.02 bits per heavy atom. The fourth-order valence-electron chi connectivity index (χ4n) is 5.85. The summed E-state index contributed by atoms with van der Waals surface area (Å²) in [6.07, 6.45) is 7.19. The van der Waals surface area contributed by atoms with E-state index >= 15 is 0 Å². The van der Waals surface area contributed by atoms with Crippen molar-refractivity contribution in [3.8, 4) is 22.4 Å². The first-order valence-corrected chi connectivity index (χ1v) is 14.7. The summed E-state index contributed by atoms with van der Waals surface area (Å²) in [5.41, 5.74) is 5.72. The summed E-state index contributed by atoms with van der Waals surface area (Å²) >= 11 is 0. The van der Waals surface area contributed by atoms with Crippen molar-refractivity contribution >= 4 is 29.7 Å². The van der Waals surface area contributed by atoms with Crippen LogP contribution in [0.1, 0.15) is 30.4 Å². The zero-order valence-corrected chi connectivity index (χ0v) is 24.1. The quantitative estimate of drug-likeness (QED) is 0.281. The Balaban J connectivity index is 1.23. The number of benzene rings is 2. The fraction of sp³-hybridized carbons (Fsp3) is 0.265. The second-order valence-corrected chi connectivity index (χ2v) is 11.0. The van der Waals surface area contributed by atoms with Gasteiger partial charge in [-0.3, -0.25) is 19.4 Å². The SMILES string of the molecule is O=C(O)C[C@H](C(=O)N[C@H]1CC2C=[N+](CCOCCNC1=O)c1ccccc12)n1ccc(-c2ccc(-c3ccccn3)cc2)c1. The van der Waals surface area contributed by atoms with Gasteiger partial charge in [0.2, 0.25) is 17.5 Å². The Kier molecular flexibility index (Phi) is 8.60. The highest BCUT2D eigenvalue weighted by Crippen LogP contribution is 2.34. The van der Waals surface area contributed by atoms with Gasteiger partial charge in [0.1, 0.15) is 18.7 Å². The van der Waals surface area contributed by atoms with Crippen LogP contribution in [0.15, 0.2) is 91.4 Å². The molecule has 0 saturated carbocycles. The summed E-state index contributed by atoms with van der Waals surface area (Å²) in [5, 5.41) is 15.5. The van der Waals surface area contributed by atoms with E-state index in [1.807, 2.05) is 72.8 Å². The van der Waals surface area contributed by atoms with Crippen LogP contribution < -0.4 is 10.6 Å². The number of carbonyl (C=O) groups excluding carboxylic acids is 2. The fourth-order valence-corrected chi connectivity index (χ4v) is 5.85. The molecule has 2 amide bonds. The molecule has 6 rings (SSSR count). The van der Waals surface area contributed by atoms with Gasteiger partial charge in [-0.05, 0) is 35.7 Å². The highest BCUT2D eigenvalue weighted by molar-refractivity contribution is 5.91. The normalized spacial score (nSPS) is 19.0. The van der Waals surface area contributed by atoms with Crippen LogP contribution in [-0.2, 0) is 19.1 Å². The molecule has 2 bridgehead atoms. The number of fused-ring (bicyclic) bond motifs is 4. The van der Waals surface area contributed by atoms with E-state index in [2.05, 4.69) is 26.4 Å². The minimum absolute atomic E-state index is 0.105. The van der Waals surface area contributed by atoms with Crippen molar-refractivity contribution in [3.63, 3.8) is 0 Å². The van der Waals surface area contributed by atoms with Crippen LogP contribution in [-0.4, -0.2) is 75.6 Å². The number of ether oxygens (including phenoxy) is 1. The average molecular weight is 593 g/mol. The number of pyridine rings is 1. The Morgan fingerprint density at radius 3 is 2.61 bits per heavy atom. The number of hydrogen-bond acceptors (Lipinski definition) is 5. The van der Waals surface area contributed by atoms with Crippen LogP contribution in [0.4, 0.5) is 5.69 Å². The molecule has 44 heavy (non-hydrogen) atoms. The lowest BCUT2D eigenvalue weighted by molar-refractivity contribution is -0.437. The molecule has 4 heterocycles. The van der Waals surface area contributed by atoms with E-state index in [1.54, 1.807) is 23.2 Å². The predicted octanol–water partition coefficient (Wildman–Crippen LogP) is 3.77. The van der Waals surface area contributed by atoms with Gasteiger partial charge in [-0.15, -0.1) is 0 Å². The summed E-state index contributed by atoms with van der Waals surface area (Å²) in [5.74, 6) is -2.09. The number of aliphatic carboxylic acids is 1. The highest BCUT2D eigenvalue weighted by Gasteiger charge is 2.36. The number of para-hydroxylation sites is 1. The van der Waals surface area contributed by atoms with Crippen molar-refractivity contribution in [1.82, 2.24) is 20.2 Å². The maximum atomic E-state index is 13.7. The molecule has 3 N–H and O–H groups in total. The number of rotatable bonds is 7. The Bertz CT molecular complexity index is 1680. The smallest absolute Gasteiger partial charge is 0.306 e. The minimum atomic E-state index is -1.12. The van der Waals surface area contributed by atoms with Crippen molar-refractivity contribution in [1.29, 1.82) is 0 Å². The lowest BCUT2D eigenvalue weighted by Crippen LogP contribution is -2.50. The first-order chi connectivity index (χ1) is 21.5. The zero-order chi connectivity index (χ0) is 30.5. The van der Waals surface area contributed by atoms with E-state index in [4.69, 9.17) is 4.74 Å². The van der Waals surface area contributed by atoms with Gasteiger partial charge in [0.25, 0.3) is 0 Å². The van der Waals surface area contributed by atoms with Crippen molar-refractivity contribution in [3.05, 3.63) is 97.0 Å². The maximum absolute atomic E-state index is 13.7. The Morgan fingerprint density at radius 2 is 1.82 bits per heavy atom. The van der Waals surface area contributed by atoms with Crippen LogP contribution in [0.3, 0.4) is 0 Å². The number of nitrogens with zero attached hydrogens (tertiary/aromatic N) is 3. The van der Waals surface area contributed by atoms with E-state index in [-0.39, 0.29) is 11.8 Å². The molecule has 2 aliphatic rings. The number of carboxylic acid groups (broad SMARTS) is 1. The van der Waals surface area contributed by atoms with Crippen molar-refractivity contribution in [2.45, 2.75) is 30.8 Å². The van der Waals surface area contributed by atoms with Crippen molar-refractivity contribution < 1.29 is 28.8 Å². The molecule has 1 unspecified atom stereocenters. The number of nitrogens with one attached hydrogen (secondary N) is 2. The van der Waals surface area contributed by atoms with E-state index in [9.17, 15) is 19.5 Å². The molecule has 0 fully saturated rings. The third kappa shape index (κ3) is 6.45. The number of aromatic nitrogens is 2. The number of hydrogen-bond donors (Lipinski definition) is 3. The standard InChI is InChI=1S/C34H33N5O5/c40-32(41)20-31(38-15-12-25(21-38)23-8-10-24(11-9-23)28-6-3-4-13-35-28)34(43)37-29-19-26-22-39(30-7-2-1-5-27(26)30)16-18-44-17-14-36-33(29)42/h1-13,15,21-22,26,29,31H,14,16-20H2,(H2-,36,37,40,41,42,43)/p+1/t26?,29-,31+/m0/s1. The Labute approximate surface area is 255 Å². The molecule has 0 radical (unpaired) electrons. The maximum Gasteiger partial charge on any atom is 0.306 e. The van der Waals surface area contributed by atoms with E-state index < -0.39 is 30.4 Å². The zero-order valence-electron chi connectivity index (χ0n) is 24.1. The molecular weight excluding hydrogens is 558 g/mol. The van der Waals surface area contributed by atoms with Gasteiger partial charge in [-0.25, -0.2) is 0 Å². The molecule has 10 nitrogen and oxygen atoms in total. The lowest BCUT2D eigenvalue weighted by Gasteiger charge is -2.24. The van der Waals surface area contributed by atoms with Gasteiger partial charge in [-0.2, -0.15) is 4.58 Å². The van der Waals surface area contributed by atoms with Crippen LogP contribution in [0, 0.1) is 0 Å². The molecule has 0 saturated heterocycles. The molecule has 0 spiro atoms. The predicted molar refractivity (Wildman–Crippen MR) is 165 cm³/mol. The number of carboxylic acids is 1. The summed E-state index contributed by atoms with van der Waals surface area (Å²) in [6.45, 7) is 1.87. The van der Waals surface area contributed by atoms with E-state index in [0.29, 0.717) is 32.7 Å². The second kappa shape index (κ2) is 13.0. The largest absolute Gasteiger partial charge is 0.481 e. The van der Waals surface area contributed by atoms with Crippen LogP contribution >= 0.6 is 0 Å². The number of amides is 2. The summed E-state index contributed by atoms with van der Waals surface area (Å²) in [6, 6.07) is 21.6. The van der Waals surface area contributed by atoms with Crippen LogP contribution in [0.5, 0.6) is 0 Å². The average Bonchev–Trinajstić information content (AvgIpc) is 3.66. The van der Waals surface area contributed by atoms with Gasteiger partial charge in [0.05, 0.1) is 24.6 Å². The van der Waals surface area contributed by atoms with Gasteiger partial charge in [-0.1, -0.05) is 48.5 Å². The molecule has 2 aromatic carbocycles. The molecular formula is C34H34N5O5+. The Hall–Kier alpha value is -5.09. The van der Waals surface area contributed by atoms with Crippen LogP contribution in [0.2, 0.25) is 0 Å². The van der Waals surface area contributed by atoms with Crippen molar-refractivity contribution in [2.75, 3.05) is 26.3 Å². The van der Waals surface area contributed by atoms with Crippen LogP contribution in [0.25, 0.3) is 22.4 Å². The molecule has 10 heteroatoms. The third-order valence-electron chi connectivity index (χ3n) is 8.07. The first kappa shape index (κ1) is 29.0. The van der Waals surface area contributed by atoms with Gasteiger partial charge in [0, 0.05) is 42.3 Å². The van der Waals surface area contributed by atoms with E-state index in [1.165, 1.54) is 0 Å². The monoisotopic (exact) mass is 592 g/mol. The highest BCUT2D eigenvalue weighted by atomic mass is 16.5. The molecule has 0 aliphatic carbocycles. The van der Waals surface area contributed by atoms with Crippen molar-refractivity contribution in [2.24, 2.45) is 0 Å². The summed E-state index contributed by atoms with van der Waals surface area (Å²) in [7, 11) is 0. The molecule has 2 aliphatic heterocycles. The second-order valence-electron chi connectivity index (χ2n) is 11.0. The molecule has 4 aromatic rings. The summed E-state index contributed by atoms with van der Waals surface area (Å²) < 4.78 is 9.45. The van der Waals surface area contributed by atoms with Gasteiger partial charge < -0.3 is 25.0 Å². The lowest BCUT2D eigenvalue weighted by atomic mass is 9.93. The molecule has 3 atom stereocenters. The number of carbonyl (C=O) groups is 3. The van der Waals surface area contributed by atoms with Gasteiger partial charge in [0.15, 0.2) is 12.8 Å². The molecule has 224 valence electrons. The topological polar surface area (TPSA) is 126 Å².